The molecule has 3 aromatic rings. The van der Waals surface area contributed by atoms with Crippen molar-refractivity contribution in [3.05, 3.63) is 52.7 Å². The van der Waals surface area contributed by atoms with Gasteiger partial charge in [-0.1, -0.05) is 17.7 Å². The van der Waals surface area contributed by atoms with Crippen molar-refractivity contribution in [1.29, 1.82) is 0 Å². The number of aromatic nitrogens is 5. The third-order valence-electron chi connectivity index (χ3n) is 5.76. The van der Waals surface area contributed by atoms with E-state index >= 15 is 0 Å². The van der Waals surface area contributed by atoms with Crippen LogP contribution >= 0.6 is 0 Å². The largest absolute Gasteiger partial charge is 0.297 e. The summed E-state index contributed by atoms with van der Waals surface area (Å²) in [6.07, 6.45) is 5.47. The minimum atomic E-state index is 0.631. The fourth-order valence-corrected chi connectivity index (χ4v) is 3.95. The fourth-order valence-electron chi connectivity index (χ4n) is 3.95. The molecule has 3 heterocycles. The Kier molecular flexibility index (Phi) is 4.08. The van der Waals surface area contributed by atoms with E-state index in [0.717, 1.165) is 49.9 Å². The Balaban J connectivity index is 1.32. The standard InChI is InChI=1S/C21H26N6/c1-14-3-4-15(2)18(11-14)20-17(12-22-24-20)13-26-8-7-19-23-21(16-5-6-16)25-27(19)10-9-26/h3-4,11-12,16H,5-10,13H2,1-2H3,(H,22,24). The van der Waals surface area contributed by atoms with Crippen LogP contribution < -0.4 is 0 Å². The van der Waals surface area contributed by atoms with Crippen LogP contribution in [0.2, 0.25) is 0 Å². The number of fused-ring (bicyclic) bond motifs is 1. The normalized spacial score (nSPS) is 17.7. The molecular formula is C21H26N6. The molecule has 0 unspecified atom stereocenters. The van der Waals surface area contributed by atoms with Gasteiger partial charge in [0.15, 0.2) is 5.82 Å². The predicted molar refractivity (Wildman–Crippen MR) is 104 cm³/mol. The van der Waals surface area contributed by atoms with Crippen molar-refractivity contribution in [2.75, 3.05) is 13.1 Å². The van der Waals surface area contributed by atoms with Gasteiger partial charge in [0.1, 0.15) is 5.82 Å². The first-order valence-electron chi connectivity index (χ1n) is 9.93. The van der Waals surface area contributed by atoms with Crippen molar-refractivity contribution in [3.63, 3.8) is 0 Å². The Labute approximate surface area is 159 Å². The summed E-state index contributed by atoms with van der Waals surface area (Å²) in [5.74, 6) is 2.86. The number of benzene rings is 1. The average Bonchev–Trinajstić information content (AvgIpc) is 3.33. The maximum absolute atomic E-state index is 4.80. The van der Waals surface area contributed by atoms with Crippen LogP contribution in [0.1, 0.15) is 47.1 Å². The number of hydrogen-bond donors (Lipinski definition) is 1. The minimum Gasteiger partial charge on any atom is -0.297 e. The smallest absolute Gasteiger partial charge is 0.154 e. The van der Waals surface area contributed by atoms with Gasteiger partial charge in [0.25, 0.3) is 0 Å². The molecule has 0 bridgehead atoms. The van der Waals surface area contributed by atoms with E-state index in [1.807, 2.05) is 6.20 Å². The van der Waals surface area contributed by atoms with E-state index in [2.05, 4.69) is 51.8 Å². The van der Waals surface area contributed by atoms with Crippen molar-refractivity contribution in [3.8, 4) is 11.3 Å². The van der Waals surface area contributed by atoms with Gasteiger partial charge in [-0.05, 0) is 38.3 Å². The number of H-pyrrole nitrogens is 1. The monoisotopic (exact) mass is 362 g/mol. The number of nitrogens with zero attached hydrogens (tertiary/aromatic N) is 5. The zero-order chi connectivity index (χ0) is 18.4. The van der Waals surface area contributed by atoms with Crippen LogP contribution in [0.4, 0.5) is 0 Å². The van der Waals surface area contributed by atoms with Gasteiger partial charge < -0.3 is 0 Å². The highest BCUT2D eigenvalue weighted by atomic mass is 15.4. The summed E-state index contributed by atoms with van der Waals surface area (Å²) in [5.41, 5.74) is 6.20. The lowest BCUT2D eigenvalue weighted by molar-refractivity contribution is 0.269. The summed E-state index contributed by atoms with van der Waals surface area (Å²) in [6, 6.07) is 6.59. The van der Waals surface area contributed by atoms with E-state index in [1.54, 1.807) is 0 Å². The lowest BCUT2D eigenvalue weighted by atomic mass is 10.0. The molecular weight excluding hydrogens is 336 g/mol. The van der Waals surface area contributed by atoms with Crippen molar-refractivity contribution in [2.24, 2.45) is 0 Å². The van der Waals surface area contributed by atoms with Crippen LogP contribution in [0.15, 0.2) is 24.4 Å². The van der Waals surface area contributed by atoms with Gasteiger partial charge in [-0.2, -0.15) is 10.2 Å². The van der Waals surface area contributed by atoms with E-state index in [1.165, 1.54) is 35.1 Å². The Morgan fingerprint density at radius 1 is 1.15 bits per heavy atom. The summed E-state index contributed by atoms with van der Waals surface area (Å²) in [6.45, 7) is 8.13. The van der Waals surface area contributed by atoms with Crippen molar-refractivity contribution >= 4 is 0 Å². The molecule has 0 amide bonds. The molecule has 6 nitrogen and oxygen atoms in total. The summed E-state index contributed by atoms with van der Waals surface area (Å²) >= 11 is 0. The summed E-state index contributed by atoms with van der Waals surface area (Å²) in [5, 5.41) is 12.3. The minimum absolute atomic E-state index is 0.631. The summed E-state index contributed by atoms with van der Waals surface area (Å²) < 4.78 is 2.13. The Morgan fingerprint density at radius 3 is 2.89 bits per heavy atom. The molecule has 1 aliphatic carbocycles. The number of rotatable bonds is 4. The van der Waals surface area contributed by atoms with Crippen LogP contribution in [-0.4, -0.2) is 43.0 Å². The van der Waals surface area contributed by atoms with Crippen LogP contribution in [0.3, 0.4) is 0 Å². The van der Waals surface area contributed by atoms with Crippen LogP contribution in [0.5, 0.6) is 0 Å². The molecule has 2 aromatic heterocycles. The average molecular weight is 362 g/mol. The highest BCUT2D eigenvalue weighted by molar-refractivity contribution is 5.67. The molecule has 1 aromatic carbocycles. The first kappa shape index (κ1) is 16.7. The van der Waals surface area contributed by atoms with Crippen molar-refractivity contribution in [2.45, 2.75) is 52.1 Å². The molecule has 5 rings (SSSR count). The summed E-state index contributed by atoms with van der Waals surface area (Å²) in [4.78, 5) is 7.29. The second-order valence-electron chi connectivity index (χ2n) is 8.00. The van der Waals surface area contributed by atoms with E-state index in [9.17, 15) is 0 Å². The Hall–Kier alpha value is -2.47. The molecule has 27 heavy (non-hydrogen) atoms. The van der Waals surface area contributed by atoms with Crippen LogP contribution in [0, 0.1) is 13.8 Å². The van der Waals surface area contributed by atoms with Crippen LogP contribution in [-0.2, 0) is 19.5 Å². The molecule has 1 N–H and O–H groups in total. The molecule has 0 radical (unpaired) electrons. The third kappa shape index (κ3) is 3.30. The SMILES string of the molecule is Cc1ccc(C)c(-c2[nH]ncc2CN2CCc3nc(C4CC4)nn3CC2)c1. The second-order valence-corrected chi connectivity index (χ2v) is 8.00. The van der Waals surface area contributed by atoms with Gasteiger partial charge in [0.05, 0.1) is 18.4 Å². The lowest BCUT2D eigenvalue weighted by Crippen LogP contribution is -2.26. The molecule has 6 heteroatoms. The molecule has 0 saturated heterocycles. The fraction of sp³-hybridized carbons (Fsp3) is 0.476. The van der Waals surface area contributed by atoms with Crippen LogP contribution in [0.25, 0.3) is 11.3 Å². The third-order valence-corrected chi connectivity index (χ3v) is 5.76. The molecule has 1 aliphatic heterocycles. The van der Waals surface area contributed by atoms with E-state index in [-0.39, 0.29) is 0 Å². The molecule has 1 saturated carbocycles. The Bertz CT molecular complexity index is 939. The molecule has 2 aliphatic rings. The van der Waals surface area contributed by atoms with E-state index in [0.29, 0.717) is 5.92 Å². The van der Waals surface area contributed by atoms with E-state index in [4.69, 9.17) is 10.1 Å². The molecule has 0 spiro atoms. The van der Waals surface area contributed by atoms with Crippen molar-refractivity contribution in [1.82, 2.24) is 29.9 Å². The number of aromatic amines is 1. The Morgan fingerprint density at radius 2 is 2.04 bits per heavy atom. The number of aryl methyl sites for hydroxylation is 2. The van der Waals surface area contributed by atoms with E-state index < -0.39 is 0 Å². The quantitative estimate of drug-likeness (QED) is 0.774. The first-order valence-corrected chi connectivity index (χ1v) is 9.93. The second kappa shape index (κ2) is 6.60. The first-order chi connectivity index (χ1) is 13.2. The van der Waals surface area contributed by atoms with Gasteiger partial charge in [-0.25, -0.2) is 9.67 Å². The summed E-state index contributed by atoms with van der Waals surface area (Å²) in [7, 11) is 0. The lowest BCUT2D eigenvalue weighted by Gasteiger charge is -2.19. The zero-order valence-corrected chi connectivity index (χ0v) is 16.1. The topological polar surface area (TPSA) is 62.6 Å². The maximum atomic E-state index is 4.80. The highest BCUT2D eigenvalue weighted by Crippen LogP contribution is 2.38. The molecule has 1 fully saturated rings. The van der Waals surface area contributed by atoms with Gasteiger partial charge in [0.2, 0.25) is 0 Å². The zero-order valence-electron chi connectivity index (χ0n) is 16.1. The highest BCUT2D eigenvalue weighted by Gasteiger charge is 2.29. The van der Waals surface area contributed by atoms with Gasteiger partial charge >= 0.3 is 0 Å². The van der Waals surface area contributed by atoms with Gasteiger partial charge in [0, 0.05) is 43.1 Å². The maximum Gasteiger partial charge on any atom is 0.154 e. The van der Waals surface area contributed by atoms with Crippen molar-refractivity contribution < 1.29 is 0 Å². The van der Waals surface area contributed by atoms with Gasteiger partial charge in [-0.15, -0.1) is 0 Å². The number of hydrogen-bond acceptors (Lipinski definition) is 4. The molecule has 0 atom stereocenters. The molecule has 140 valence electrons. The number of nitrogens with one attached hydrogen (secondary N) is 1. The van der Waals surface area contributed by atoms with Gasteiger partial charge in [-0.3, -0.25) is 10.00 Å². The predicted octanol–water partition coefficient (Wildman–Crippen LogP) is 3.22.